The molecule has 1 aliphatic carbocycles. The van der Waals surface area contributed by atoms with Gasteiger partial charge in [-0.3, -0.25) is 9.59 Å². The van der Waals surface area contributed by atoms with Gasteiger partial charge in [-0.15, -0.1) is 0 Å². The van der Waals surface area contributed by atoms with E-state index >= 15 is 0 Å². The van der Waals surface area contributed by atoms with E-state index in [1.165, 1.54) is 5.56 Å². The van der Waals surface area contributed by atoms with E-state index in [4.69, 9.17) is 4.74 Å². The zero-order valence-electron chi connectivity index (χ0n) is 16.5. The highest BCUT2D eigenvalue weighted by atomic mass is 16.6. The summed E-state index contributed by atoms with van der Waals surface area (Å²) in [4.78, 5) is 26.4. The van der Waals surface area contributed by atoms with E-state index < -0.39 is 11.5 Å². The predicted octanol–water partition coefficient (Wildman–Crippen LogP) is 5.09. The Hall–Kier alpha value is -2.42. The van der Waals surface area contributed by atoms with Gasteiger partial charge in [0.25, 0.3) is 0 Å². The molecule has 1 aliphatic heterocycles. The smallest absolute Gasteiger partial charge is 0.318 e. The predicted molar refractivity (Wildman–Crippen MR) is 109 cm³/mol. The molecule has 2 fully saturated rings. The van der Waals surface area contributed by atoms with Crippen LogP contribution in [0.3, 0.4) is 0 Å². The van der Waals surface area contributed by atoms with Crippen LogP contribution in [0.1, 0.15) is 56.1 Å². The van der Waals surface area contributed by atoms with Crippen LogP contribution >= 0.6 is 0 Å². The van der Waals surface area contributed by atoms with Crippen LogP contribution in [-0.4, -0.2) is 17.4 Å². The van der Waals surface area contributed by atoms with Gasteiger partial charge in [0.1, 0.15) is 5.92 Å². The van der Waals surface area contributed by atoms with E-state index in [9.17, 15) is 9.59 Å². The third-order valence-electron chi connectivity index (χ3n) is 6.41. The minimum Gasteiger partial charge on any atom is -0.450 e. The quantitative estimate of drug-likeness (QED) is 0.476. The molecule has 0 N–H and O–H groups in total. The van der Waals surface area contributed by atoms with Gasteiger partial charge in [0.05, 0.1) is 0 Å². The second kappa shape index (κ2) is 7.90. The molecule has 4 rings (SSSR count). The molecule has 3 nitrogen and oxygen atoms in total. The fourth-order valence-corrected chi connectivity index (χ4v) is 4.69. The average Bonchev–Trinajstić information content (AvgIpc) is 3.53. The lowest BCUT2D eigenvalue weighted by atomic mass is 9.75. The molecular weight excluding hydrogens is 348 g/mol. The number of hydrogen-bond acceptors (Lipinski definition) is 3. The molecule has 1 saturated carbocycles. The summed E-state index contributed by atoms with van der Waals surface area (Å²) in [6, 6.07) is 20.3. The molecule has 0 amide bonds. The highest BCUT2D eigenvalue weighted by Gasteiger charge is 2.58. The molecule has 28 heavy (non-hydrogen) atoms. The molecule has 2 aromatic rings. The maximum atomic E-state index is 13.5. The average molecular weight is 376 g/mol. The third kappa shape index (κ3) is 3.63. The number of hydrogen-bond donors (Lipinski definition) is 0. The zero-order valence-corrected chi connectivity index (χ0v) is 16.5. The van der Waals surface area contributed by atoms with Crippen LogP contribution in [0.4, 0.5) is 0 Å². The van der Waals surface area contributed by atoms with Crippen LogP contribution in [0.25, 0.3) is 0 Å². The van der Waals surface area contributed by atoms with Crippen molar-refractivity contribution in [3.63, 3.8) is 0 Å². The molecule has 3 unspecified atom stereocenters. The Morgan fingerprint density at radius 2 is 1.64 bits per heavy atom. The zero-order chi connectivity index (χ0) is 19.6. The summed E-state index contributed by atoms with van der Waals surface area (Å²) in [5, 5.41) is 0. The van der Waals surface area contributed by atoms with Crippen LogP contribution in [0.2, 0.25) is 0 Å². The van der Waals surface area contributed by atoms with Gasteiger partial charge in [0, 0.05) is 5.92 Å². The Balaban J connectivity index is 1.52. The van der Waals surface area contributed by atoms with Gasteiger partial charge in [-0.25, -0.2) is 0 Å². The maximum Gasteiger partial charge on any atom is 0.318 e. The van der Waals surface area contributed by atoms with Crippen molar-refractivity contribution < 1.29 is 14.3 Å². The van der Waals surface area contributed by atoms with Crippen LogP contribution in [0, 0.1) is 11.8 Å². The van der Waals surface area contributed by atoms with Crippen LogP contribution in [0.15, 0.2) is 60.7 Å². The molecule has 146 valence electrons. The standard InChI is InChI=1S/C25H28O3/c1-2-25(17-9-12-18-10-5-3-6-11-18)23(26)22(24(27)28-25)21(20-15-16-20)19-13-7-4-8-14-19/h3-8,10-11,13-14,20-22H,2,9,12,15-17H2,1H3. The number of ketones is 1. The van der Waals surface area contributed by atoms with Crippen LogP contribution in [-0.2, 0) is 20.7 Å². The molecule has 1 heterocycles. The number of Topliss-reactive ketones (excluding diaryl/α,β-unsaturated/α-hetero) is 1. The summed E-state index contributed by atoms with van der Waals surface area (Å²) in [6.45, 7) is 1.96. The summed E-state index contributed by atoms with van der Waals surface area (Å²) in [7, 11) is 0. The Morgan fingerprint density at radius 3 is 2.25 bits per heavy atom. The topological polar surface area (TPSA) is 43.4 Å². The highest BCUT2D eigenvalue weighted by molar-refractivity contribution is 6.09. The minimum atomic E-state index is -0.946. The van der Waals surface area contributed by atoms with Crippen molar-refractivity contribution >= 4 is 11.8 Å². The maximum absolute atomic E-state index is 13.5. The van der Waals surface area contributed by atoms with Gasteiger partial charge in [0.2, 0.25) is 0 Å². The summed E-state index contributed by atoms with van der Waals surface area (Å²) >= 11 is 0. The van der Waals surface area contributed by atoms with Gasteiger partial charge in [-0.05, 0) is 55.6 Å². The summed E-state index contributed by atoms with van der Waals surface area (Å²) < 4.78 is 5.85. The van der Waals surface area contributed by atoms with Gasteiger partial charge < -0.3 is 4.74 Å². The lowest BCUT2D eigenvalue weighted by Gasteiger charge is -2.26. The molecule has 0 radical (unpaired) electrons. The van der Waals surface area contributed by atoms with Gasteiger partial charge in [0.15, 0.2) is 11.4 Å². The van der Waals surface area contributed by atoms with E-state index in [0.717, 1.165) is 31.2 Å². The minimum absolute atomic E-state index is 0.00816. The van der Waals surface area contributed by atoms with Crippen molar-refractivity contribution in [1.82, 2.24) is 0 Å². The number of benzene rings is 2. The van der Waals surface area contributed by atoms with Crippen molar-refractivity contribution in [1.29, 1.82) is 0 Å². The van der Waals surface area contributed by atoms with Crippen molar-refractivity contribution in [2.45, 2.75) is 57.0 Å². The molecular formula is C25H28O3. The molecule has 3 heteroatoms. The third-order valence-corrected chi connectivity index (χ3v) is 6.41. The fourth-order valence-electron chi connectivity index (χ4n) is 4.69. The number of cyclic esters (lactones) is 1. The lowest BCUT2D eigenvalue weighted by Crippen LogP contribution is -2.38. The first-order valence-electron chi connectivity index (χ1n) is 10.5. The Bertz CT molecular complexity index is 825. The molecule has 2 aromatic carbocycles. The van der Waals surface area contributed by atoms with Crippen molar-refractivity contribution in [2.24, 2.45) is 11.8 Å². The van der Waals surface area contributed by atoms with E-state index in [2.05, 4.69) is 12.1 Å². The summed E-state index contributed by atoms with van der Waals surface area (Å²) in [5.74, 6) is -0.572. The normalized spacial score (nSPS) is 25.5. The van der Waals surface area contributed by atoms with Crippen LogP contribution in [0.5, 0.6) is 0 Å². The Kier molecular flexibility index (Phi) is 5.34. The largest absolute Gasteiger partial charge is 0.450 e. The number of rotatable bonds is 8. The van der Waals surface area contributed by atoms with Crippen molar-refractivity contribution in [3.8, 4) is 0 Å². The first kappa shape index (κ1) is 18.9. The number of carbonyl (C=O) groups excluding carboxylic acids is 2. The first-order valence-corrected chi connectivity index (χ1v) is 10.5. The number of aryl methyl sites for hydroxylation is 1. The second-order valence-electron chi connectivity index (χ2n) is 8.22. The van der Waals surface area contributed by atoms with E-state index in [0.29, 0.717) is 18.8 Å². The molecule has 1 saturated heterocycles. The highest BCUT2D eigenvalue weighted by Crippen LogP contribution is 2.51. The Labute approximate surface area is 167 Å². The monoisotopic (exact) mass is 376 g/mol. The second-order valence-corrected chi connectivity index (χ2v) is 8.22. The van der Waals surface area contributed by atoms with E-state index in [-0.39, 0.29) is 17.7 Å². The fraction of sp³-hybridized carbons (Fsp3) is 0.440. The lowest BCUT2D eigenvalue weighted by molar-refractivity contribution is -0.154. The number of ether oxygens (including phenoxy) is 1. The van der Waals surface area contributed by atoms with E-state index in [1.807, 2.05) is 55.5 Å². The van der Waals surface area contributed by atoms with Crippen molar-refractivity contribution in [2.75, 3.05) is 0 Å². The summed E-state index contributed by atoms with van der Waals surface area (Å²) in [5.41, 5.74) is 1.40. The molecule has 0 bridgehead atoms. The van der Waals surface area contributed by atoms with Gasteiger partial charge in [-0.2, -0.15) is 0 Å². The number of esters is 1. The molecule has 0 spiro atoms. The van der Waals surface area contributed by atoms with E-state index in [1.54, 1.807) is 0 Å². The SMILES string of the molecule is CCC1(CCCc2ccccc2)OC(=O)C(C(c2ccccc2)C2CC2)C1=O. The van der Waals surface area contributed by atoms with Gasteiger partial charge in [-0.1, -0.05) is 67.6 Å². The molecule has 2 aliphatic rings. The number of carbonyl (C=O) groups is 2. The van der Waals surface area contributed by atoms with Crippen LogP contribution < -0.4 is 0 Å². The summed E-state index contributed by atoms with van der Waals surface area (Å²) in [6.07, 6.45) is 5.06. The van der Waals surface area contributed by atoms with Crippen molar-refractivity contribution in [3.05, 3.63) is 71.8 Å². The molecule has 3 atom stereocenters. The Morgan fingerprint density at radius 1 is 1.00 bits per heavy atom. The first-order chi connectivity index (χ1) is 13.6. The molecule has 0 aromatic heterocycles. The van der Waals surface area contributed by atoms with Gasteiger partial charge >= 0.3 is 5.97 Å².